The van der Waals surface area contributed by atoms with Crippen LogP contribution < -0.4 is 10.1 Å². The summed E-state index contributed by atoms with van der Waals surface area (Å²) in [6.45, 7) is 0. The number of thioether (sulfide) groups is 1. The molecule has 0 aliphatic heterocycles. The average molecular weight is 306 g/mol. The van der Waals surface area contributed by atoms with Crippen LogP contribution in [0.1, 0.15) is 6.42 Å². The Labute approximate surface area is 126 Å². The van der Waals surface area contributed by atoms with Gasteiger partial charge in [-0.1, -0.05) is 0 Å². The molecule has 110 valence electrons. The van der Waals surface area contributed by atoms with E-state index in [1.54, 1.807) is 30.5 Å². The third kappa shape index (κ3) is 5.07. The maximum atomic E-state index is 12.7. The maximum Gasteiger partial charge on any atom is 0.225 e. The number of carbonyl (C=O) groups is 1. The predicted molar refractivity (Wildman–Crippen MR) is 81.2 cm³/mol. The molecular weight excluding hydrogens is 291 g/mol. The molecule has 0 fully saturated rings. The number of nitrogens with one attached hydrogen (secondary N) is 1. The van der Waals surface area contributed by atoms with E-state index in [1.807, 2.05) is 0 Å². The number of anilines is 1. The van der Waals surface area contributed by atoms with Gasteiger partial charge in [-0.05, 0) is 30.3 Å². The van der Waals surface area contributed by atoms with E-state index in [1.165, 1.54) is 31.0 Å². The van der Waals surface area contributed by atoms with E-state index in [0.29, 0.717) is 23.7 Å². The van der Waals surface area contributed by atoms with Crippen molar-refractivity contribution in [3.05, 3.63) is 48.4 Å². The van der Waals surface area contributed by atoms with Crippen molar-refractivity contribution in [1.82, 2.24) is 4.98 Å². The molecular formula is C15H15FN2O2S. The van der Waals surface area contributed by atoms with Gasteiger partial charge >= 0.3 is 0 Å². The lowest BCUT2D eigenvalue weighted by molar-refractivity contribution is -0.115. The van der Waals surface area contributed by atoms with Gasteiger partial charge in [0.15, 0.2) is 0 Å². The van der Waals surface area contributed by atoms with Crippen molar-refractivity contribution in [3.8, 4) is 5.88 Å². The summed E-state index contributed by atoms with van der Waals surface area (Å²) in [7, 11) is 1.53. The molecule has 4 nitrogen and oxygen atoms in total. The van der Waals surface area contributed by atoms with Crippen LogP contribution in [0.25, 0.3) is 0 Å². The summed E-state index contributed by atoms with van der Waals surface area (Å²) in [6, 6.07) is 9.63. The Bertz CT molecular complexity index is 588. The van der Waals surface area contributed by atoms with Crippen molar-refractivity contribution in [3.63, 3.8) is 0 Å². The maximum absolute atomic E-state index is 12.7. The highest BCUT2D eigenvalue weighted by molar-refractivity contribution is 7.99. The second-order valence-electron chi connectivity index (χ2n) is 4.19. The number of hydrogen-bond acceptors (Lipinski definition) is 4. The molecule has 0 bridgehead atoms. The largest absolute Gasteiger partial charge is 0.481 e. The van der Waals surface area contributed by atoms with E-state index in [0.717, 1.165) is 4.90 Å². The summed E-state index contributed by atoms with van der Waals surface area (Å²) in [5.41, 5.74) is 0.632. The number of carbonyl (C=O) groups excluding carboxylic acids is 1. The number of pyridine rings is 1. The molecule has 0 aliphatic rings. The first-order valence-electron chi connectivity index (χ1n) is 6.35. The highest BCUT2D eigenvalue weighted by Crippen LogP contribution is 2.19. The lowest BCUT2D eigenvalue weighted by Gasteiger charge is -2.05. The zero-order valence-corrected chi connectivity index (χ0v) is 12.3. The lowest BCUT2D eigenvalue weighted by atomic mass is 10.3. The second-order valence-corrected chi connectivity index (χ2v) is 5.36. The fraction of sp³-hybridized carbons (Fsp3) is 0.200. The fourth-order valence-corrected chi connectivity index (χ4v) is 2.44. The topological polar surface area (TPSA) is 51.2 Å². The van der Waals surface area contributed by atoms with Gasteiger partial charge in [0, 0.05) is 23.1 Å². The van der Waals surface area contributed by atoms with Crippen LogP contribution in [-0.2, 0) is 4.79 Å². The van der Waals surface area contributed by atoms with Crippen LogP contribution in [-0.4, -0.2) is 23.8 Å². The van der Waals surface area contributed by atoms with E-state index in [4.69, 9.17) is 4.74 Å². The number of benzene rings is 1. The van der Waals surface area contributed by atoms with Crippen LogP contribution >= 0.6 is 11.8 Å². The molecule has 6 heteroatoms. The van der Waals surface area contributed by atoms with Gasteiger partial charge in [0.05, 0.1) is 19.0 Å². The van der Waals surface area contributed by atoms with Crippen molar-refractivity contribution in [2.75, 3.05) is 18.2 Å². The first-order valence-corrected chi connectivity index (χ1v) is 7.34. The Hall–Kier alpha value is -2.08. The fourth-order valence-electron chi connectivity index (χ4n) is 1.59. The molecule has 2 aromatic rings. The number of aromatic nitrogens is 1. The molecule has 1 heterocycles. The highest BCUT2D eigenvalue weighted by Gasteiger charge is 2.04. The van der Waals surface area contributed by atoms with Gasteiger partial charge in [-0.2, -0.15) is 0 Å². The summed E-state index contributed by atoms with van der Waals surface area (Å²) >= 11 is 1.51. The van der Waals surface area contributed by atoms with Gasteiger partial charge in [-0.3, -0.25) is 4.79 Å². The number of methoxy groups -OCH3 is 1. The van der Waals surface area contributed by atoms with Crippen molar-refractivity contribution in [2.45, 2.75) is 11.3 Å². The van der Waals surface area contributed by atoms with Gasteiger partial charge in [-0.25, -0.2) is 9.37 Å². The van der Waals surface area contributed by atoms with E-state index in [9.17, 15) is 9.18 Å². The van der Waals surface area contributed by atoms with Gasteiger partial charge in [0.1, 0.15) is 5.82 Å². The standard InChI is InChI=1S/C15H15FN2O2S/c1-20-15-7-4-12(10-17-15)18-14(19)8-9-21-13-5-2-11(16)3-6-13/h2-7,10H,8-9H2,1H3,(H,18,19). The Morgan fingerprint density at radius 2 is 2.05 bits per heavy atom. The quantitative estimate of drug-likeness (QED) is 0.832. The summed E-state index contributed by atoms with van der Waals surface area (Å²) < 4.78 is 17.7. The van der Waals surface area contributed by atoms with E-state index in [-0.39, 0.29) is 11.7 Å². The van der Waals surface area contributed by atoms with Crippen LogP contribution in [0.2, 0.25) is 0 Å². The van der Waals surface area contributed by atoms with Crippen LogP contribution in [0.5, 0.6) is 5.88 Å². The monoisotopic (exact) mass is 306 g/mol. The molecule has 0 unspecified atom stereocenters. The molecule has 2 rings (SSSR count). The minimum atomic E-state index is -0.260. The molecule has 1 N–H and O–H groups in total. The Morgan fingerprint density at radius 1 is 1.29 bits per heavy atom. The van der Waals surface area contributed by atoms with Crippen LogP contribution in [0.4, 0.5) is 10.1 Å². The SMILES string of the molecule is COc1ccc(NC(=O)CCSc2ccc(F)cc2)cn1. The van der Waals surface area contributed by atoms with Crippen molar-refractivity contribution in [2.24, 2.45) is 0 Å². The average Bonchev–Trinajstić information content (AvgIpc) is 2.50. The van der Waals surface area contributed by atoms with Gasteiger partial charge in [-0.15, -0.1) is 11.8 Å². The third-order valence-corrected chi connectivity index (χ3v) is 3.65. The number of rotatable bonds is 6. The molecule has 0 saturated heterocycles. The first-order chi connectivity index (χ1) is 10.2. The molecule has 0 atom stereocenters. The van der Waals surface area contributed by atoms with Crippen molar-refractivity contribution >= 4 is 23.4 Å². The smallest absolute Gasteiger partial charge is 0.225 e. The molecule has 1 amide bonds. The Kier molecular flexibility index (Phi) is 5.57. The molecule has 0 saturated carbocycles. The van der Waals surface area contributed by atoms with E-state index >= 15 is 0 Å². The molecule has 21 heavy (non-hydrogen) atoms. The summed E-state index contributed by atoms with van der Waals surface area (Å²) in [6.07, 6.45) is 1.91. The number of hydrogen-bond donors (Lipinski definition) is 1. The molecule has 0 aliphatic carbocycles. The van der Waals surface area contributed by atoms with Gasteiger partial charge < -0.3 is 10.1 Å². The number of nitrogens with zero attached hydrogens (tertiary/aromatic N) is 1. The first kappa shape index (κ1) is 15.3. The van der Waals surface area contributed by atoms with Crippen LogP contribution in [0.3, 0.4) is 0 Å². The molecule has 1 aromatic heterocycles. The zero-order valence-electron chi connectivity index (χ0n) is 11.5. The van der Waals surface area contributed by atoms with Crippen LogP contribution in [0.15, 0.2) is 47.5 Å². The third-order valence-electron chi connectivity index (χ3n) is 2.64. The lowest BCUT2D eigenvalue weighted by Crippen LogP contribution is -2.12. The Morgan fingerprint density at radius 3 is 2.67 bits per heavy atom. The van der Waals surface area contributed by atoms with Crippen LogP contribution in [0, 0.1) is 5.82 Å². The van der Waals surface area contributed by atoms with Crippen molar-refractivity contribution in [1.29, 1.82) is 0 Å². The minimum absolute atomic E-state index is 0.0865. The van der Waals surface area contributed by atoms with Crippen molar-refractivity contribution < 1.29 is 13.9 Å². The number of amides is 1. The number of ether oxygens (including phenoxy) is 1. The molecule has 1 aromatic carbocycles. The van der Waals surface area contributed by atoms with E-state index < -0.39 is 0 Å². The highest BCUT2D eigenvalue weighted by atomic mass is 32.2. The Balaban J connectivity index is 1.75. The zero-order chi connectivity index (χ0) is 15.1. The normalized spacial score (nSPS) is 10.2. The van der Waals surface area contributed by atoms with Gasteiger partial charge in [0.25, 0.3) is 0 Å². The van der Waals surface area contributed by atoms with Gasteiger partial charge in [0.2, 0.25) is 11.8 Å². The summed E-state index contributed by atoms with van der Waals surface area (Å²) in [4.78, 5) is 16.7. The summed E-state index contributed by atoms with van der Waals surface area (Å²) in [5, 5.41) is 2.76. The van der Waals surface area contributed by atoms with E-state index in [2.05, 4.69) is 10.3 Å². The molecule has 0 radical (unpaired) electrons. The second kappa shape index (κ2) is 7.64. The molecule has 0 spiro atoms. The summed E-state index contributed by atoms with van der Waals surface area (Å²) in [5.74, 6) is 0.779. The number of halogens is 1. The minimum Gasteiger partial charge on any atom is -0.481 e. The predicted octanol–water partition coefficient (Wildman–Crippen LogP) is 3.35.